The van der Waals surface area contributed by atoms with Crippen LogP contribution in [0.1, 0.15) is 0 Å². The molecule has 1 aliphatic rings. The van der Waals surface area contributed by atoms with Gasteiger partial charge in [0.1, 0.15) is 11.5 Å². The van der Waals surface area contributed by atoms with Crippen molar-refractivity contribution in [3.8, 4) is 11.5 Å². The molecule has 1 saturated heterocycles. The van der Waals surface area contributed by atoms with Crippen LogP contribution in [0.15, 0.2) is 54.6 Å². The average Bonchev–Trinajstić information content (AvgIpc) is 2.49. The third-order valence-electron chi connectivity index (χ3n) is 3.53. The molecule has 2 aromatic carbocycles. The van der Waals surface area contributed by atoms with Crippen molar-refractivity contribution in [3.05, 3.63) is 54.6 Å². The minimum Gasteiger partial charge on any atom is -0.457 e. The highest BCUT2D eigenvalue weighted by molar-refractivity contribution is 7.91. The summed E-state index contributed by atoms with van der Waals surface area (Å²) < 4.78 is 28.6. The molecule has 0 aromatic heterocycles. The molecule has 1 aliphatic heterocycles. The van der Waals surface area contributed by atoms with Crippen LogP contribution in [-0.2, 0) is 9.84 Å². The maximum atomic E-state index is 11.4. The van der Waals surface area contributed by atoms with Gasteiger partial charge in [-0.25, -0.2) is 8.42 Å². The van der Waals surface area contributed by atoms with Crippen LogP contribution in [0, 0.1) is 0 Å². The third kappa shape index (κ3) is 3.55. The van der Waals surface area contributed by atoms with Gasteiger partial charge in [-0.1, -0.05) is 18.2 Å². The molecular weight excluding hydrogens is 286 g/mol. The van der Waals surface area contributed by atoms with Crippen molar-refractivity contribution >= 4 is 15.5 Å². The molecule has 21 heavy (non-hydrogen) atoms. The predicted molar refractivity (Wildman–Crippen MR) is 83.8 cm³/mol. The van der Waals surface area contributed by atoms with E-state index in [2.05, 4.69) is 4.90 Å². The third-order valence-corrected chi connectivity index (χ3v) is 5.13. The fraction of sp³-hybridized carbons (Fsp3) is 0.250. The molecule has 1 fully saturated rings. The summed E-state index contributed by atoms with van der Waals surface area (Å²) in [7, 11) is -2.84. The van der Waals surface area contributed by atoms with E-state index in [4.69, 9.17) is 4.74 Å². The zero-order valence-electron chi connectivity index (χ0n) is 11.6. The molecular formula is C16H17NO3S. The number of hydrogen-bond donors (Lipinski definition) is 0. The van der Waals surface area contributed by atoms with Crippen LogP contribution in [0.4, 0.5) is 5.69 Å². The molecule has 0 spiro atoms. The van der Waals surface area contributed by atoms with Crippen molar-refractivity contribution in [2.24, 2.45) is 0 Å². The summed E-state index contributed by atoms with van der Waals surface area (Å²) in [6.45, 7) is 1.11. The Balaban J connectivity index is 1.67. The van der Waals surface area contributed by atoms with E-state index in [-0.39, 0.29) is 11.5 Å². The lowest BCUT2D eigenvalue weighted by Gasteiger charge is -2.28. The van der Waals surface area contributed by atoms with Crippen molar-refractivity contribution in [2.45, 2.75) is 0 Å². The van der Waals surface area contributed by atoms with Gasteiger partial charge in [-0.05, 0) is 36.4 Å². The number of para-hydroxylation sites is 1. The molecule has 4 nitrogen and oxygen atoms in total. The molecule has 0 saturated carbocycles. The lowest BCUT2D eigenvalue weighted by atomic mass is 10.2. The summed E-state index contributed by atoms with van der Waals surface area (Å²) in [4.78, 5) is 2.09. The Morgan fingerprint density at radius 1 is 0.810 bits per heavy atom. The van der Waals surface area contributed by atoms with E-state index >= 15 is 0 Å². The van der Waals surface area contributed by atoms with Gasteiger partial charge in [0.25, 0.3) is 0 Å². The van der Waals surface area contributed by atoms with Crippen LogP contribution in [0.2, 0.25) is 0 Å². The van der Waals surface area contributed by atoms with Crippen LogP contribution in [-0.4, -0.2) is 33.0 Å². The first kappa shape index (κ1) is 13.9. The summed E-state index contributed by atoms with van der Waals surface area (Å²) in [5.41, 5.74) is 1.03. The number of ether oxygens (including phenoxy) is 1. The van der Waals surface area contributed by atoms with Gasteiger partial charge in [-0.3, -0.25) is 0 Å². The lowest BCUT2D eigenvalue weighted by Crippen LogP contribution is -2.40. The lowest BCUT2D eigenvalue weighted by molar-refractivity contribution is 0.482. The molecule has 0 amide bonds. The minimum atomic E-state index is -2.84. The highest BCUT2D eigenvalue weighted by Gasteiger charge is 2.21. The Kier molecular flexibility index (Phi) is 3.84. The Morgan fingerprint density at radius 3 is 2.00 bits per heavy atom. The fourth-order valence-electron chi connectivity index (χ4n) is 2.32. The number of sulfone groups is 1. The molecule has 110 valence electrons. The zero-order chi connectivity index (χ0) is 14.7. The molecule has 5 heteroatoms. The van der Waals surface area contributed by atoms with Gasteiger partial charge >= 0.3 is 0 Å². The zero-order valence-corrected chi connectivity index (χ0v) is 12.4. The molecule has 2 aromatic rings. The second-order valence-electron chi connectivity index (χ2n) is 5.05. The van der Waals surface area contributed by atoms with Crippen LogP contribution in [0.25, 0.3) is 0 Å². The summed E-state index contributed by atoms with van der Waals surface area (Å²) in [5, 5.41) is 0. The number of hydrogen-bond acceptors (Lipinski definition) is 4. The first-order valence-electron chi connectivity index (χ1n) is 6.91. The van der Waals surface area contributed by atoms with E-state index in [1.165, 1.54) is 0 Å². The van der Waals surface area contributed by atoms with Gasteiger partial charge in [0.15, 0.2) is 9.84 Å². The second kappa shape index (κ2) is 5.77. The molecule has 0 atom stereocenters. The van der Waals surface area contributed by atoms with E-state index in [1.807, 2.05) is 54.6 Å². The van der Waals surface area contributed by atoms with Gasteiger partial charge < -0.3 is 9.64 Å². The van der Waals surface area contributed by atoms with E-state index in [9.17, 15) is 8.42 Å². The average molecular weight is 303 g/mol. The van der Waals surface area contributed by atoms with Gasteiger partial charge in [0.05, 0.1) is 11.5 Å². The molecule has 1 heterocycles. The van der Waals surface area contributed by atoms with Gasteiger partial charge in [-0.15, -0.1) is 0 Å². The summed E-state index contributed by atoms with van der Waals surface area (Å²) in [6.07, 6.45) is 0. The normalized spacial score (nSPS) is 17.4. The molecule has 0 radical (unpaired) electrons. The molecule has 0 N–H and O–H groups in total. The van der Waals surface area contributed by atoms with Gasteiger partial charge in [-0.2, -0.15) is 0 Å². The van der Waals surface area contributed by atoms with E-state index < -0.39 is 9.84 Å². The van der Waals surface area contributed by atoms with Gasteiger partial charge in [0.2, 0.25) is 0 Å². The Bertz CT molecular complexity index is 682. The van der Waals surface area contributed by atoms with Crippen LogP contribution in [0.5, 0.6) is 11.5 Å². The van der Waals surface area contributed by atoms with Gasteiger partial charge in [0, 0.05) is 18.8 Å². The summed E-state index contributed by atoms with van der Waals surface area (Å²) >= 11 is 0. The molecule has 0 aliphatic carbocycles. The highest BCUT2D eigenvalue weighted by Crippen LogP contribution is 2.25. The largest absolute Gasteiger partial charge is 0.457 e. The summed E-state index contributed by atoms with van der Waals surface area (Å²) in [6, 6.07) is 17.4. The first-order chi connectivity index (χ1) is 10.1. The molecule has 0 bridgehead atoms. The van der Waals surface area contributed by atoms with E-state index in [1.54, 1.807) is 0 Å². The van der Waals surface area contributed by atoms with Crippen LogP contribution < -0.4 is 9.64 Å². The maximum Gasteiger partial charge on any atom is 0.153 e. The van der Waals surface area contributed by atoms with Crippen molar-refractivity contribution in [1.29, 1.82) is 0 Å². The van der Waals surface area contributed by atoms with Crippen molar-refractivity contribution in [3.63, 3.8) is 0 Å². The van der Waals surface area contributed by atoms with E-state index in [0.29, 0.717) is 13.1 Å². The summed E-state index contributed by atoms with van der Waals surface area (Å²) in [5.74, 6) is 2.04. The Hall–Kier alpha value is -2.01. The van der Waals surface area contributed by atoms with E-state index in [0.717, 1.165) is 17.2 Å². The maximum absolute atomic E-state index is 11.4. The fourth-order valence-corrected chi connectivity index (χ4v) is 3.52. The van der Waals surface area contributed by atoms with Crippen molar-refractivity contribution in [1.82, 2.24) is 0 Å². The number of anilines is 1. The monoisotopic (exact) mass is 303 g/mol. The molecule has 0 unspecified atom stereocenters. The minimum absolute atomic E-state index is 0.231. The second-order valence-corrected chi connectivity index (χ2v) is 7.35. The Labute approximate surface area is 124 Å². The van der Waals surface area contributed by atoms with Crippen LogP contribution >= 0.6 is 0 Å². The smallest absolute Gasteiger partial charge is 0.153 e. The van der Waals surface area contributed by atoms with Crippen molar-refractivity contribution < 1.29 is 13.2 Å². The Morgan fingerprint density at radius 2 is 1.38 bits per heavy atom. The highest BCUT2D eigenvalue weighted by atomic mass is 32.2. The van der Waals surface area contributed by atoms with Crippen LogP contribution in [0.3, 0.4) is 0 Å². The first-order valence-corrected chi connectivity index (χ1v) is 8.73. The topological polar surface area (TPSA) is 46.6 Å². The number of rotatable bonds is 3. The number of nitrogens with zero attached hydrogens (tertiary/aromatic N) is 1. The van der Waals surface area contributed by atoms with Crippen molar-refractivity contribution in [2.75, 3.05) is 29.5 Å². The predicted octanol–water partition coefficient (Wildman–Crippen LogP) is 2.71. The SMILES string of the molecule is O=S1(=O)CCN(c2ccc(Oc3ccccc3)cc2)CC1. The standard InChI is InChI=1S/C16H17NO3S/c18-21(19)12-10-17(11-13-21)14-6-8-16(9-7-14)20-15-4-2-1-3-5-15/h1-9H,10-13H2. The molecule has 3 rings (SSSR count). The quantitative estimate of drug-likeness (QED) is 0.874. The number of benzene rings is 2.